The van der Waals surface area contributed by atoms with E-state index in [9.17, 15) is 4.79 Å². The Morgan fingerprint density at radius 2 is 2.24 bits per heavy atom. The van der Waals surface area contributed by atoms with Gasteiger partial charge < -0.3 is 9.47 Å². The van der Waals surface area contributed by atoms with Crippen LogP contribution in [0, 0.1) is 0 Å². The summed E-state index contributed by atoms with van der Waals surface area (Å²) in [7, 11) is 0. The highest BCUT2D eigenvalue weighted by atomic mass is 79.9. The minimum atomic E-state index is -0.249. The van der Waals surface area contributed by atoms with Crippen LogP contribution in [0.5, 0.6) is 0 Å². The van der Waals surface area contributed by atoms with Gasteiger partial charge in [0, 0.05) is 18.3 Å². The van der Waals surface area contributed by atoms with Gasteiger partial charge in [-0.05, 0) is 25.3 Å². The van der Waals surface area contributed by atoms with Crippen molar-refractivity contribution in [2.45, 2.75) is 70.7 Å². The summed E-state index contributed by atoms with van der Waals surface area (Å²) in [4.78, 5) is 12.8. The summed E-state index contributed by atoms with van der Waals surface area (Å²) < 4.78 is 11.3. The van der Waals surface area contributed by atoms with Crippen LogP contribution in [-0.2, 0) is 14.3 Å². The quantitative estimate of drug-likeness (QED) is 0.274. The molecule has 3 atom stereocenters. The zero-order valence-electron chi connectivity index (χ0n) is 12.9. The van der Waals surface area contributed by atoms with Gasteiger partial charge in [0.15, 0.2) is 0 Å². The first-order valence-electron chi connectivity index (χ1n) is 7.66. The maximum absolute atomic E-state index is 11.2. The van der Waals surface area contributed by atoms with Gasteiger partial charge in [-0.3, -0.25) is 4.79 Å². The van der Waals surface area contributed by atoms with Crippen LogP contribution >= 0.6 is 15.9 Å². The average Bonchev–Trinajstić information content (AvgIpc) is 2.82. The van der Waals surface area contributed by atoms with Crippen LogP contribution in [0.4, 0.5) is 0 Å². The van der Waals surface area contributed by atoms with Crippen LogP contribution in [0.3, 0.4) is 0 Å². The number of rotatable bonds is 8. The van der Waals surface area contributed by atoms with Gasteiger partial charge in [-0.2, -0.15) is 0 Å². The lowest BCUT2D eigenvalue weighted by molar-refractivity contribution is -0.148. The van der Waals surface area contributed by atoms with Crippen molar-refractivity contribution in [1.29, 1.82) is 0 Å². The zero-order chi connectivity index (χ0) is 15.5. The van der Waals surface area contributed by atoms with E-state index in [1.807, 2.05) is 6.08 Å². The SMILES string of the molecule is CCCCCC=CCC1OC(C=C=CBr)CC1OC(C)=O. The van der Waals surface area contributed by atoms with E-state index in [0.717, 1.165) is 12.8 Å². The number of unbranched alkanes of at least 4 members (excludes halogenated alkanes) is 3. The lowest BCUT2D eigenvalue weighted by atomic mass is 10.1. The summed E-state index contributed by atoms with van der Waals surface area (Å²) in [6.45, 7) is 3.65. The Hall–Kier alpha value is -0.830. The van der Waals surface area contributed by atoms with E-state index >= 15 is 0 Å². The summed E-state index contributed by atoms with van der Waals surface area (Å²) in [6, 6.07) is 0. The molecule has 0 N–H and O–H groups in total. The van der Waals surface area contributed by atoms with E-state index in [4.69, 9.17) is 9.47 Å². The molecule has 118 valence electrons. The lowest BCUT2D eigenvalue weighted by Crippen LogP contribution is -2.25. The van der Waals surface area contributed by atoms with Gasteiger partial charge in [0.2, 0.25) is 0 Å². The third-order valence-corrected chi connectivity index (χ3v) is 3.67. The van der Waals surface area contributed by atoms with Crippen LogP contribution in [-0.4, -0.2) is 24.3 Å². The van der Waals surface area contributed by atoms with Gasteiger partial charge in [-0.15, -0.1) is 5.73 Å². The topological polar surface area (TPSA) is 35.5 Å². The molecule has 0 spiro atoms. The Balaban J connectivity index is 2.47. The van der Waals surface area contributed by atoms with Gasteiger partial charge in [0.05, 0.1) is 12.2 Å². The van der Waals surface area contributed by atoms with Crippen molar-refractivity contribution in [3.8, 4) is 0 Å². The number of carbonyl (C=O) groups is 1. The van der Waals surface area contributed by atoms with Crippen LogP contribution in [0.2, 0.25) is 0 Å². The van der Waals surface area contributed by atoms with Crippen LogP contribution in [0.15, 0.2) is 28.9 Å². The zero-order valence-corrected chi connectivity index (χ0v) is 14.5. The molecule has 0 radical (unpaired) electrons. The van der Waals surface area contributed by atoms with Crippen LogP contribution in [0.1, 0.15) is 52.4 Å². The first-order valence-corrected chi connectivity index (χ1v) is 8.57. The molecule has 0 aromatic rings. The first kappa shape index (κ1) is 18.2. The van der Waals surface area contributed by atoms with E-state index in [1.165, 1.54) is 26.2 Å². The molecule has 21 heavy (non-hydrogen) atoms. The first-order chi connectivity index (χ1) is 10.2. The molecule has 1 aliphatic rings. The van der Waals surface area contributed by atoms with E-state index in [1.54, 1.807) is 4.99 Å². The fourth-order valence-corrected chi connectivity index (χ4v) is 2.56. The Labute approximate surface area is 136 Å². The number of hydrogen-bond acceptors (Lipinski definition) is 3. The number of hydrogen-bond donors (Lipinski definition) is 0. The van der Waals surface area contributed by atoms with Crippen molar-refractivity contribution < 1.29 is 14.3 Å². The minimum absolute atomic E-state index is 0.0401. The molecule has 0 amide bonds. The number of carbonyl (C=O) groups excluding carboxylic acids is 1. The largest absolute Gasteiger partial charge is 0.460 e. The Morgan fingerprint density at radius 3 is 2.90 bits per heavy atom. The molecule has 0 saturated carbocycles. The number of ether oxygens (including phenoxy) is 2. The van der Waals surface area contributed by atoms with E-state index in [0.29, 0.717) is 6.42 Å². The van der Waals surface area contributed by atoms with Crippen molar-refractivity contribution >= 4 is 21.9 Å². The number of halogens is 1. The summed E-state index contributed by atoms with van der Waals surface area (Å²) in [5.74, 6) is -0.249. The monoisotopic (exact) mass is 356 g/mol. The molecular formula is C17H25BrO3. The van der Waals surface area contributed by atoms with Crippen molar-refractivity contribution in [2.75, 3.05) is 0 Å². The highest BCUT2D eigenvalue weighted by Gasteiger charge is 2.35. The molecule has 1 fully saturated rings. The van der Waals surface area contributed by atoms with Crippen molar-refractivity contribution in [3.63, 3.8) is 0 Å². The Kier molecular flexibility index (Phi) is 9.40. The molecule has 0 bridgehead atoms. The fourth-order valence-electron chi connectivity index (χ4n) is 2.40. The van der Waals surface area contributed by atoms with E-state index in [2.05, 4.69) is 40.7 Å². The second kappa shape index (κ2) is 10.8. The average molecular weight is 357 g/mol. The molecule has 1 aliphatic heterocycles. The summed E-state index contributed by atoms with van der Waals surface area (Å²) in [6.07, 6.45) is 12.3. The minimum Gasteiger partial charge on any atom is -0.460 e. The number of esters is 1. The molecule has 1 heterocycles. The normalized spacial score (nSPS) is 24.8. The maximum Gasteiger partial charge on any atom is 0.302 e. The van der Waals surface area contributed by atoms with Gasteiger partial charge in [-0.25, -0.2) is 0 Å². The highest BCUT2D eigenvalue weighted by Crippen LogP contribution is 2.27. The fraction of sp³-hybridized carbons (Fsp3) is 0.647. The molecule has 3 unspecified atom stereocenters. The van der Waals surface area contributed by atoms with Gasteiger partial charge in [-0.1, -0.05) is 47.8 Å². The van der Waals surface area contributed by atoms with Crippen molar-refractivity contribution in [1.82, 2.24) is 0 Å². The van der Waals surface area contributed by atoms with Crippen molar-refractivity contribution in [2.24, 2.45) is 0 Å². The molecular weight excluding hydrogens is 332 g/mol. The molecule has 1 rings (SSSR count). The van der Waals surface area contributed by atoms with E-state index in [-0.39, 0.29) is 24.3 Å². The standard InChI is InChI=1S/C17H25BrO3/c1-3-4-5-6-7-8-11-16-17(20-14(2)19)13-15(21-16)10-9-12-18/h7-8,10,12,15-17H,3-6,11,13H2,1-2H3. The predicted octanol–water partition coefficient (Wildman–Crippen LogP) is 4.67. The van der Waals surface area contributed by atoms with Crippen LogP contribution < -0.4 is 0 Å². The highest BCUT2D eigenvalue weighted by molar-refractivity contribution is 9.11. The predicted molar refractivity (Wildman–Crippen MR) is 88.3 cm³/mol. The Morgan fingerprint density at radius 1 is 1.43 bits per heavy atom. The third-order valence-electron chi connectivity index (χ3n) is 3.40. The summed E-state index contributed by atoms with van der Waals surface area (Å²) >= 11 is 3.18. The van der Waals surface area contributed by atoms with Gasteiger partial charge in [0.25, 0.3) is 0 Å². The lowest BCUT2D eigenvalue weighted by Gasteiger charge is -2.16. The Bertz CT molecular complexity index is 397. The smallest absolute Gasteiger partial charge is 0.302 e. The second-order valence-electron chi connectivity index (χ2n) is 5.24. The molecule has 3 nitrogen and oxygen atoms in total. The molecule has 4 heteroatoms. The van der Waals surface area contributed by atoms with Gasteiger partial charge in [0.1, 0.15) is 6.10 Å². The summed E-state index contributed by atoms with van der Waals surface area (Å²) in [5.41, 5.74) is 2.96. The summed E-state index contributed by atoms with van der Waals surface area (Å²) in [5, 5.41) is 0. The van der Waals surface area contributed by atoms with Crippen LogP contribution in [0.25, 0.3) is 0 Å². The molecule has 0 aliphatic carbocycles. The molecule has 0 aromatic carbocycles. The molecule has 0 aromatic heterocycles. The number of allylic oxidation sites excluding steroid dienone is 1. The van der Waals surface area contributed by atoms with E-state index < -0.39 is 0 Å². The van der Waals surface area contributed by atoms with Crippen molar-refractivity contribution in [3.05, 3.63) is 28.9 Å². The second-order valence-corrected chi connectivity index (χ2v) is 5.70. The van der Waals surface area contributed by atoms with Gasteiger partial charge >= 0.3 is 5.97 Å². The molecule has 1 saturated heterocycles. The maximum atomic E-state index is 11.2. The third kappa shape index (κ3) is 7.66.